The van der Waals surface area contributed by atoms with Gasteiger partial charge in [0.05, 0.1) is 5.02 Å². The molecule has 3 aromatic carbocycles. The highest BCUT2D eigenvalue weighted by atomic mass is 35.5. The molecule has 4 aromatic rings. The third kappa shape index (κ3) is 5.89. The number of hydrogen-bond acceptors (Lipinski definition) is 6. The molecule has 7 heteroatoms. The van der Waals surface area contributed by atoms with Crippen molar-refractivity contribution in [1.29, 1.82) is 0 Å². The van der Waals surface area contributed by atoms with E-state index in [0.717, 1.165) is 45.9 Å². The lowest BCUT2D eigenvalue weighted by molar-refractivity contribution is -0.0485. The molecule has 1 aliphatic rings. The van der Waals surface area contributed by atoms with Crippen LogP contribution in [-0.2, 0) is 0 Å². The molecule has 0 saturated carbocycles. The zero-order chi connectivity index (χ0) is 26.5. The maximum absolute atomic E-state index is 13.9. The lowest BCUT2D eigenvalue weighted by atomic mass is 9.97. The van der Waals surface area contributed by atoms with Crippen LogP contribution in [0.4, 0.5) is 0 Å². The zero-order valence-corrected chi connectivity index (χ0v) is 23.5. The minimum Gasteiger partial charge on any atom is -0.492 e. The van der Waals surface area contributed by atoms with E-state index in [-0.39, 0.29) is 5.78 Å². The van der Waals surface area contributed by atoms with Crippen molar-refractivity contribution in [2.45, 2.75) is 26.7 Å². The zero-order valence-electron chi connectivity index (χ0n) is 21.9. The van der Waals surface area contributed by atoms with Crippen LogP contribution < -0.4 is 9.57 Å². The molecule has 0 bridgehead atoms. The Hall–Kier alpha value is -2.90. The van der Waals surface area contributed by atoms with Gasteiger partial charge in [0.2, 0.25) is 0 Å². The average molecular weight is 549 g/mol. The molecule has 1 saturated heterocycles. The summed E-state index contributed by atoms with van der Waals surface area (Å²) < 4.78 is 7.07. The minimum atomic E-state index is -0.0559. The number of hydrogen-bond donors (Lipinski definition) is 0. The number of carbonyl (C=O) groups is 1. The Bertz CT molecular complexity index is 1390. The predicted molar refractivity (Wildman–Crippen MR) is 157 cm³/mol. The van der Waals surface area contributed by atoms with Crippen LogP contribution in [-0.4, -0.2) is 55.1 Å². The van der Waals surface area contributed by atoms with Crippen LogP contribution in [0.25, 0.3) is 20.5 Å². The van der Waals surface area contributed by atoms with Crippen molar-refractivity contribution in [3.05, 3.63) is 82.9 Å². The molecular weight excluding hydrogens is 516 g/mol. The second-order valence-corrected chi connectivity index (χ2v) is 10.9. The van der Waals surface area contributed by atoms with E-state index in [1.165, 1.54) is 25.9 Å². The first-order valence-electron chi connectivity index (χ1n) is 13.3. The van der Waals surface area contributed by atoms with E-state index in [9.17, 15) is 4.79 Å². The highest BCUT2D eigenvalue weighted by molar-refractivity contribution is 7.22. The van der Waals surface area contributed by atoms with E-state index in [0.29, 0.717) is 28.5 Å². The van der Waals surface area contributed by atoms with Crippen molar-refractivity contribution in [2.24, 2.45) is 0 Å². The van der Waals surface area contributed by atoms with E-state index < -0.39 is 0 Å². The quantitative estimate of drug-likeness (QED) is 0.143. The molecule has 0 amide bonds. The molecule has 1 aliphatic heterocycles. The van der Waals surface area contributed by atoms with Crippen molar-refractivity contribution in [3.8, 4) is 21.9 Å². The van der Waals surface area contributed by atoms with Crippen LogP contribution in [0.5, 0.6) is 11.5 Å². The van der Waals surface area contributed by atoms with Gasteiger partial charge in [0.15, 0.2) is 11.5 Å². The highest BCUT2D eigenvalue weighted by Crippen LogP contribution is 2.41. The van der Waals surface area contributed by atoms with E-state index in [4.69, 9.17) is 21.2 Å². The van der Waals surface area contributed by atoms with Crippen LogP contribution in [0, 0.1) is 0 Å². The number of likely N-dealkylation sites (tertiary alicyclic amines) is 1. The Labute approximate surface area is 233 Å². The van der Waals surface area contributed by atoms with Crippen LogP contribution in [0.1, 0.15) is 42.6 Å². The molecule has 1 fully saturated rings. The summed E-state index contributed by atoms with van der Waals surface area (Å²) in [5.74, 6) is 1.33. The molecule has 5 nitrogen and oxygen atoms in total. The molecule has 5 rings (SSSR count). The summed E-state index contributed by atoms with van der Waals surface area (Å²) in [6.07, 6.45) is 2.57. The molecule has 2 heterocycles. The number of halogens is 1. The third-order valence-electron chi connectivity index (χ3n) is 6.94. The smallest absolute Gasteiger partial charge is 0.195 e. The fraction of sp³-hybridized carbons (Fsp3) is 0.323. The molecule has 0 radical (unpaired) electrons. The first-order valence-corrected chi connectivity index (χ1v) is 14.5. The lowest BCUT2D eigenvalue weighted by Crippen LogP contribution is -2.26. The van der Waals surface area contributed by atoms with Crippen molar-refractivity contribution < 1.29 is 14.4 Å². The maximum Gasteiger partial charge on any atom is 0.195 e. The van der Waals surface area contributed by atoms with Crippen LogP contribution in [0.15, 0.2) is 66.7 Å². The van der Waals surface area contributed by atoms with Gasteiger partial charge in [-0.1, -0.05) is 29.8 Å². The largest absolute Gasteiger partial charge is 0.492 e. The van der Waals surface area contributed by atoms with E-state index >= 15 is 0 Å². The van der Waals surface area contributed by atoms with Crippen LogP contribution in [0.2, 0.25) is 5.02 Å². The average Bonchev–Trinajstić information content (AvgIpc) is 3.60. The van der Waals surface area contributed by atoms with Crippen molar-refractivity contribution in [1.82, 2.24) is 9.96 Å². The molecule has 198 valence electrons. The first kappa shape index (κ1) is 26.7. The van der Waals surface area contributed by atoms with Gasteiger partial charge in [-0.15, -0.1) is 16.4 Å². The van der Waals surface area contributed by atoms with Gasteiger partial charge in [-0.25, -0.2) is 0 Å². The second kappa shape index (κ2) is 12.3. The number of thiophene rings is 1. The third-order valence-corrected chi connectivity index (χ3v) is 8.46. The molecule has 0 N–H and O–H groups in total. The Morgan fingerprint density at radius 1 is 1.00 bits per heavy atom. The highest BCUT2D eigenvalue weighted by Gasteiger charge is 2.22. The monoisotopic (exact) mass is 548 g/mol. The fourth-order valence-electron chi connectivity index (χ4n) is 4.83. The Morgan fingerprint density at radius 2 is 1.74 bits per heavy atom. The number of rotatable bonds is 11. The topological polar surface area (TPSA) is 42.0 Å². The van der Waals surface area contributed by atoms with Crippen molar-refractivity contribution >= 4 is 38.8 Å². The maximum atomic E-state index is 13.9. The summed E-state index contributed by atoms with van der Waals surface area (Å²) in [7, 11) is 0. The van der Waals surface area contributed by atoms with E-state index in [1.807, 2.05) is 61.4 Å². The van der Waals surface area contributed by atoms with Crippen molar-refractivity contribution in [3.63, 3.8) is 0 Å². The van der Waals surface area contributed by atoms with Gasteiger partial charge < -0.3 is 9.57 Å². The minimum absolute atomic E-state index is 0.0559. The summed E-state index contributed by atoms with van der Waals surface area (Å²) in [5.41, 5.74) is 2.23. The molecule has 0 spiro atoms. The van der Waals surface area contributed by atoms with Gasteiger partial charge in [-0.2, -0.15) is 0 Å². The molecular formula is C31H33ClN2O3S. The van der Waals surface area contributed by atoms with Gasteiger partial charge in [0.25, 0.3) is 0 Å². The molecule has 0 unspecified atom stereocenters. The summed E-state index contributed by atoms with van der Waals surface area (Å²) in [6.45, 7) is 9.49. The van der Waals surface area contributed by atoms with Gasteiger partial charge in [0.1, 0.15) is 12.4 Å². The number of ether oxygens (including phenoxy) is 1. The van der Waals surface area contributed by atoms with Gasteiger partial charge >= 0.3 is 0 Å². The molecule has 0 atom stereocenters. The number of hydroxylamine groups is 2. The van der Waals surface area contributed by atoms with E-state index in [1.54, 1.807) is 29.5 Å². The van der Waals surface area contributed by atoms with Gasteiger partial charge in [-0.05, 0) is 93.9 Å². The summed E-state index contributed by atoms with van der Waals surface area (Å²) in [6, 6.07) is 21.4. The summed E-state index contributed by atoms with van der Waals surface area (Å²) in [4.78, 5) is 23.2. The number of benzene rings is 3. The summed E-state index contributed by atoms with van der Waals surface area (Å²) in [5, 5.41) is 3.18. The number of ketones is 1. The first-order chi connectivity index (χ1) is 18.6. The summed E-state index contributed by atoms with van der Waals surface area (Å²) >= 11 is 8.18. The Balaban J connectivity index is 1.40. The Morgan fingerprint density at radius 3 is 2.45 bits per heavy atom. The number of fused-ring (bicyclic) bond motifs is 1. The van der Waals surface area contributed by atoms with Crippen LogP contribution >= 0.6 is 22.9 Å². The fourth-order valence-corrected chi connectivity index (χ4v) is 6.25. The van der Waals surface area contributed by atoms with Crippen molar-refractivity contribution in [2.75, 3.05) is 39.3 Å². The number of nitrogens with zero attached hydrogens (tertiary/aromatic N) is 2. The Kier molecular flexibility index (Phi) is 8.65. The van der Waals surface area contributed by atoms with Gasteiger partial charge in [-0.3, -0.25) is 9.69 Å². The SMILES string of the molecule is CCN(CC)Oc1ccc(C(=O)c2c(-c3ccc(OCCN4CCCC4)cc3)sc3ccccc23)cc1Cl. The van der Waals surface area contributed by atoms with E-state index in [2.05, 4.69) is 11.0 Å². The lowest BCUT2D eigenvalue weighted by Gasteiger charge is -2.19. The van der Waals surface area contributed by atoms with Crippen LogP contribution in [0.3, 0.4) is 0 Å². The predicted octanol–water partition coefficient (Wildman–Crippen LogP) is 7.56. The molecule has 0 aliphatic carbocycles. The molecule has 38 heavy (non-hydrogen) atoms. The number of carbonyl (C=O) groups excluding carboxylic acids is 1. The standard InChI is InChI=1S/C31H33ClN2O3S/c1-3-34(4-2)37-27-16-13-23(21-26(27)32)30(35)29-25-9-5-6-10-28(25)38-31(29)22-11-14-24(15-12-22)36-20-19-33-17-7-8-18-33/h5-6,9-16,21H,3-4,7-8,17-20H2,1-2H3. The van der Waals surface area contributed by atoms with Gasteiger partial charge in [0, 0.05) is 45.7 Å². The second-order valence-electron chi connectivity index (χ2n) is 9.40. The normalized spacial score (nSPS) is 13.9. The molecule has 1 aromatic heterocycles.